The summed E-state index contributed by atoms with van der Waals surface area (Å²) in [5.74, 6) is 0.818. The predicted octanol–water partition coefficient (Wildman–Crippen LogP) is 6.83. The van der Waals surface area contributed by atoms with Gasteiger partial charge in [0.05, 0.1) is 18.4 Å². The largest absolute Gasteiger partial charge is 0.494 e. The van der Waals surface area contributed by atoms with Gasteiger partial charge < -0.3 is 9.30 Å². The fourth-order valence-corrected chi connectivity index (χ4v) is 4.56. The highest BCUT2D eigenvalue weighted by molar-refractivity contribution is 9.10. The van der Waals surface area contributed by atoms with E-state index in [1.807, 2.05) is 24.3 Å². The topological polar surface area (TPSA) is 31.2 Å². The number of hydrogen-bond donors (Lipinski definition) is 0. The quantitative estimate of drug-likeness (QED) is 0.392. The molecule has 4 rings (SSSR count). The number of hydrogen-bond acceptors (Lipinski definition) is 2. The van der Waals surface area contributed by atoms with E-state index in [1.165, 1.54) is 0 Å². The van der Waals surface area contributed by atoms with E-state index in [4.69, 9.17) is 4.74 Å². The average Bonchev–Trinajstić information content (AvgIpc) is 2.96. The fourth-order valence-electron chi connectivity index (χ4n) is 4.03. The number of ether oxygens (including phenoxy) is 1. The minimum atomic E-state index is -0.0858. The lowest BCUT2D eigenvalue weighted by Crippen LogP contribution is -2.28. The number of Topliss-reactive ketones (excluding diaryl/α,β-unsaturated/α-hetero) is 1. The Morgan fingerprint density at radius 3 is 2.07 bits per heavy atom. The molecule has 2 aromatic carbocycles. The summed E-state index contributed by atoms with van der Waals surface area (Å²) in [7, 11) is 1.65. The number of fused-ring (bicyclic) bond motifs is 1. The van der Waals surface area contributed by atoms with Gasteiger partial charge in [-0.05, 0) is 48.2 Å². The molecule has 144 valence electrons. The molecule has 1 aliphatic carbocycles. The van der Waals surface area contributed by atoms with Crippen molar-refractivity contribution in [3.05, 3.63) is 68.7 Å². The van der Waals surface area contributed by atoms with Crippen LogP contribution in [0.4, 0.5) is 0 Å². The van der Waals surface area contributed by atoms with E-state index in [9.17, 15) is 4.79 Å². The second-order valence-electron chi connectivity index (χ2n) is 7.96. The monoisotopic (exact) mass is 501 g/mol. The van der Waals surface area contributed by atoms with Crippen molar-refractivity contribution in [2.24, 2.45) is 5.41 Å². The molecular formula is C23H21Br2NO2. The van der Waals surface area contributed by atoms with Crippen LogP contribution in [-0.4, -0.2) is 17.5 Å². The zero-order chi connectivity index (χ0) is 20.1. The van der Waals surface area contributed by atoms with Gasteiger partial charge in [-0.15, -0.1) is 0 Å². The van der Waals surface area contributed by atoms with Crippen LogP contribution in [0.5, 0.6) is 5.75 Å². The molecule has 28 heavy (non-hydrogen) atoms. The molecule has 0 fully saturated rings. The molecule has 0 radical (unpaired) electrons. The van der Waals surface area contributed by atoms with E-state index in [0.29, 0.717) is 12.2 Å². The van der Waals surface area contributed by atoms with E-state index in [-0.39, 0.29) is 11.2 Å². The van der Waals surface area contributed by atoms with Crippen molar-refractivity contribution in [1.29, 1.82) is 0 Å². The first-order valence-electron chi connectivity index (χ1n) is 9.17. The summed E-state index contributed by atoms with van der Waals surface area (Å²) in [4.78, 5) is 13.1. The van der Waals surface area contributed by atoms with Gasteiger partial charge in [0.25, 0.3) is 0 Å². The van der Waals surface area contributed by atoms with Gasteiger partial charge in [0.2, 0.25) is 0 Å². The molecule has 1 aromatic heterocycles. The van der Waals surface area contributed by atoms with Crippen molar-refractivity contribution in [1.82, 2.24) is 4.57 Å². The number of benzene rings is 2. The molecule has 0 spiro atoms. The van der Waals surface area contributed by atoms with Crippen molar-refractivity contribution in [2.75, 3.05) is 7.11 Å². The molecule has 0 saturated carbocycles. The van der Waals surface area contributed by atoms with Crippen molar-refractivity contribution >= 4 is 37.6 Å². The summed E-state index contributed by atoms with van der Waals surface area (Å²) in [6.45, 7) is 4.30. The third kappa shape index (κ3) is 3.35. The SMILES string of the molecule is COc1c2c(n(-c3ccc(Br)cc3)c1-c1ccc(Br)cc1)CC(C)(C)CC2=O. The summed E-state index contributed by atoms with van der Waals surface area (Å²) in [5.41, 5.74) is 4.63. The molecule has 1 aliphatic rings. The predicted molar refractivity (Wildman–Crippen MR) is 120 cm³/mol. The van der Waals surface area contributed by atoms with E-state index in [0.717, 1.165) is 43.6 Å². The summed E-state index contributed by atoms with van der Waals surface area (Å²) in [6.07, 6.45) is 1.34. The molecule has 0 saturated heterocycles. The second-order valence-corrected chi connectivity index (χ2v) is 9.79. The van der Waals surface area contributed by atoms with Crippen molar-refractivity contribution in [3.8, 4) is 22.7 Å². The zero-order valence-corrected chi connectivity index (χ0v) is 19.2. The Bertz CT molecular complexity index is 1050. The van der Waals surface area contributed by atoms with Gasteiger partial charge in [-0.3, -0.25) is 4.79 Å². The molecule has 1 heterocycles. The van der Waals surface area contributed by atoms with Crippen LogP contribution in [0.1, 0.15) is 36.3 Å². The van der Waals surface area contributed by atoms with E-state index >= 15 is 0 Å². The van der Waals surface area contributed by atoms with Crippen LogP contribution in [0.25, 0.3) is 16.9 Å². The normalized spacial score (nSPS) is 15.4. The highest BCUT2D eigenvalue weighted by Crippen LogP contribution is 2.47. The number of aromatic nitrogens is 1. The standard InChI is InChI=1S/C23H21Br2NO2/c1-23(2)12-18-20(19(27)13-23)22(28-3)21(14-4-6-15(24)7-5-14)26(18)17-10-8-16(25)9-11-17/h4-11H,12-13H2,1-3H3. The Morgan fingerprint density at radius 1 is 0.929 bits per heavy atom. The highest BCUT2D eigenvalue weighted by atomic mass is 79.9. The molecule has 0 bridgehead atoms. The Balaban J connectivity index is 2.08. The van der Waals surface area contributed by atoms with E-state index in [1.54, 1.807) is 7.11 Å². The number of nitrogens with zero attached hydrogens (tertiary/aromatic N) is 1. The maximum atomic E-state index is 13.1. The Kier molecular flexibility index (Phi) is 5.00. The molecular weight excluding hydrogens is 482 g/mol. The first kappa shape index (κ1) is 19.5. The number of halogens is 2. The van der Waals surface area contributed by atoms with Crippen molar-refractivity contribution in [2.45, 2.75) is 26.7 Å². The zero-order valence-electron chi connectivity index (χ0n) is 16.1. The lowest BCUT2D eigenvalue weighted by atomic mass is 9.76. The third-order valence-corrected chi connectivity index (χ3v) is 6.25. The molecule has 3 aromatic rings. The number of ketones is 1. The van der Waals surface area contributed by atoms with Crippen LogP contribution in [-0.2, 0) is 6.42 Å². The number of methoxy groups -OCH3 is 1. The number of carbonyl (C=O) groups is 1. The number of rotatable bonds is 3. The average molecular weight is 503 g/mol. The lowest BCUT2D eigenvalue weighted by molar-refractivity contribution is 0.0908. The molecule has 0 atom stereocenters. The molecule has 0 amide bonds. The van der Waals surface area contributed by atoms with Gasteiger partial charge in [-0.25, -0.2) is 0 Å². The molecule has 3 nitrogen and oxygen atoms in total. The third-order valence-electron chi connectivity index (χ3n) is 5.19. The maximum Gasteiger partial charge on any atom is 0.169 e. The maximum absolute atomic E-state index is 13.1. The van der Waals surface area contributed by atoms with Crippen LogP contribution in [0.3, 0.4) is 0 Å². The van der Waals surface area contributed by atoms with Gasteiger partial charge >= 0.3 is 0 Å². The van der Waals surface area contributed by atoms with Crippen LogP contribution in [0.2, 0.25) is 0 Å². The van der Waals surface area contributed by atoms with Crippen LogP contribution >= 0.6 is 31.9 Å². The minimum Gasteiger partial charge on any atom is -0.494 e. The van der Waals surface area contributed by atoms with Gasteiger partial charge in [0, 0.05) is 32.3 Å². The van der Waals surface area contributed by atoms with Crippen molar-refractivity contribution in [3.63, 3.8) is 0 Å². The summed E-state index contributed by atoms with van der Waals surface area (Å²) in [6, 6.07) is 16.3. The summed E-state index contributed by atoms with van der Waals surface area (Å²) < 4.78 is 10.1. The van der Waals surface area contributed by atoms with Crippen molar-refractivity contribution < 1.29 is 9.53 Å². The molecule has 0 aliphatic heterocycles. The Morgan fingerprint density at radius 2 is 1.50 bits per heavy atom. The highest BCUT2D eigenvalue weighted by Gasteiger charge is 2.38. The summed E-state index contributed by atoms with van der Waals surface area (Å²) >= 11 is 7.03. The summed E-state index contributed by atoms with van der Waals surface area (Å²) in [5, 5.41) is 0. The number of carbonyl (C=O) groups excluding carboxylic acids is 1. The second kappa shape index (κ2) is 7.20. The first-order chi connectivity index (χ1) is 13.3. The lowest BCUT2D eigenvalue weighted by Gasteiger charge is -2.29. The van der Waals surface area contributed by atoms with Crippen LogP contribution in [0, 0.1) is 5.41 Å². The minimum absolute atomic E-state index is 0.0858. The smallest absolute Gasteiger partial charge is 0.169 e. The Labute approximate surface area is 182 Å². The van der Waals surface area contributed by atoms with Crippen LogP contribution < -0.4 is 4.74 Å². The van der Waals surface area contributed by atoms with Gasteiger partial charge in [-0.1, -0.05) is 57.8 Å². The fraction of sp³-hybridized carbons (Fsp3) is 0.261. The molecule has 5 heteroatoms. The van der Waals surface area contributed by atoms with Gasteiger partial charge in [0.1, 0.15) is 0 Å². The van der Waals surface area contributed by atoms with E-state index < -0.39 is 0 Å². The van der Waals surface area contributed by atoms with Crippen LogP contribution in [0.15, 0.2) is 57.5 Å². The molecule has 0 N–H and O–H groups in total. The molecule has 0 unspecified atom stereocenters. The van der Waals surface area contributed by atoms with Gasteiger partial charge in [-0.2, -0.15) is 0 Å². The Hall–Kier alpha value is -1.85. The first-order valence-corrected chi connectivity index (χ1v) is 10.8. The van der Waals surface area contributed by atoms with Gasteiger partial charge in [0.15, 0.2) is 11.5 Å². The van der Waals surface area contributed by atoms with E-state index in [2.05, 4.69) is 74.5 Å².